The van der Waals surface area contributed by atoms with Gasteiger partial charge in [-0.2, -0.15) is 0 Å². The number of halogens is 2. The number of benzene rings is 2. The van der Waals surface area contributed by atoms with Gasteiger partial charge < -0.3 is 5.32 Å². The van der Waals surface area contributed by atoms with E-state index in [1.807, 2.05) is 25.1 Å². The quantitative estimate of drug-likeness (QED) is 0.906. The maximum atomic E-state index is 13.4. The molecular weight excluding hydrogens is 309 g/mol. The smallest absolute Gasteiger partial charge is 0.228 e. The van der Waals surface area contributed by atoms with Crippen LogP contribution in [0.3, 0.4) is 0 Å². The molecule has 19 heavy (non-hydrogen) atoms. The first-order chi connectivity index (χ1) is 9.06. The van der Waals surface area contributed by atoms with Crippen LogP contribution in [0.2, 0.25) is 0 Å². The maximum absolute atomic E-state index is 13.4. The predicted octanol–water partition coefficient (Wildman–Crippen LogP) is 4.08. The number of carbonyl (C=O) groups is 1. The molecule has 0 atom stereocenters. The second kappa shape index (κ2) is 5.97. The van der Waals surface area contributed by atoms with Gasteiger partial charge in [-0.15, -0.1) is 0 Å². The van der Waals surface area contributed by atoms with Gasteiger partial charge >= 0.3 is 0 Å². The molecule has 2 nitrogen and oxygen atoms in total. The zero-order chi connectivity index (χ0) is 13.8. The molecule has 0 heterocycles. The van der Waals surface area contributed by atoms with Crippen molar-refractivity contribution in [1.29, 1.82) is 0 Å². The molecule has 0 aromatic heterocycles. The van der Waals surface area contributed by atoms with Crippen LogP contribution < -0.4 is 5.32 Å². The largest absolute Gasteiger partial charge is 0.326 e. The first kappa shape index (κ1) is 13.7. The Labute approximate surface area is 119 Å². The van der Waals surface area contributed by atoms with Gasteiger partial charge in [-0.25, -0.2) is 4.39 Å². The molecule has 0 aliphatic heterocycles. The number of anilines is 1. The minimum Gasteiger partial charge on any atom is -0.326 e. The maximum Gasteiger partial charge on any atom is 0.228 e. The van der Waals surface area contributed by atoms with E-state index in [-0.39, 0.29) is 18.1 Å². The van der Waals surface area contributed by atoms with E-state index in [0.717, 1.165) is 10.0 Å². The summed E-state index contributed by atoms with van der Waals surface area (Å²) in [6, 6.07) is 11.8. The Morgan fingerprint density at radius 1 is 1.26 bits per heavy atom. The predicted molar refractivity (Wildman–Crippen MR) is 77.6 cm³/mol. The van der Waals surface area contributed by atoms with Gasteiger partial charge in [0, 0.05) is 10.2 Å². The first-order valence-electron chi connectivity index (χ1n) is 5.85. The molecule has 2 aromatic rings. The van der Waals surface area contributed by atoms with Gasteiger partial charge in [0.25, 0.3) is 0 Å². The zero-order valence-electron chi connectivity index (χ0n) is 10.4. The highest BCUT2D eigenvalue weighted by atomic mass is 79.9. The number of nitrogens with one attached hydrogen (secondary N) is 1. The lowest BCUT2D eigenvalue weighted by atomic mass is 10.1. The van der Waals surface area contributed by atoms with E-state index in [9.17, 15) is 9.18 Å². The molecular formula is C15H13BrFNO. The average Bonchev–Trinajstić information content (AvgIpc) is 2.37. The lowest BCUT2D eigenvalue weighted by Gasteiger charge is -2.07. The van der Waals surface area contributed by atoms with Gasteiger partial charge in [0.05, 0.1) is 6.42 Å². The normalized spacial score (nSPS) is 10.3. The van der Waals surface area contributed by atoms with E-state index < -0.39 is 0 Å². The van der Waals surface area contributed by atoms with Crippen LogP contribution in [0.15, 0.2) is 46.9 Å². The van der Waals surface area contributed by atoms with Gasteiger partial charge in [-0.3, -0.25) is 4.79 Å². The second-order valence-corrected chi connectivity index (χ2v) is 5.13. The van der Waals surface area contributed by atoms with Crippen molar-refractivity contribution in [3.05, 3.63) is 63.9 Å². The Hall–Kier alpha value is -1.68. The van der Waals surface area contributed by atoms with Crippen LogP contribution in [0.5, 0.6) is 0 Å². The molecule has 0 saturated carbocycles. The fourth-order valence-electron chi connectivity index (χ4n) is 1.69. The van der Waals surface area contributed by atoms with Gasteiger partial charge in [0.1, 0.15) is 5.82 Å². The summed E-state index contributed by atoms with van der Waals surface area (Å²) in [6.45, 7) is 1.97. The van der Waals surface area contributed by atoms with Crippen molar-refractivity contribution in [2.45, 2.75) is 13.3 Å². The first-order valence-corrected chi connectivity index (χ1v) is 6.65. The minimum atomic E-state index is -0.359. The van der Waals surface area contributed by atoms with Gasteiger partial charge in [0.15, 0.2) is 0 Å². The van der Waals surface area contributed by atoms with Crippen molar-refractivity contribution in [2.24, 2.45) is 0 Å². The number of hydrogen-bond acceptors (Lipinski definition) is 1. The highest BCUT2D eigenvalue weighted by molar-refractivity contribution is 9.10. The Morgan fingerprint density at radius 2 is 2.00 bits per heavy atom. The molecule has 0 aliphatic carbocycles. The summed E-state index contributed by atoms with van der Waals surface area (Å²) in [5.41, 5.74) is 2.18. The SMILES string of the molecule is Cc1ccc(NC(=O)Cc2ccccc2F)cc1Br. The third-order valence-electron chi connectivity index (χ3n) is 2.76. The molecule has 0 aliphatic rings. The third kappa shape index (κ3) is 3.64. The number of amides is 1. The molecule has 2 rings (SSSR count). The summed E-state index contributed by atoms with van der Waals surface area (Å²) in [5.74, 6) is -0.594. The highest BCUT2D eigenvalue weighted by Gasteiger charge is 2.08. The van der Waals surface area contributed by atoms with E-state index in [1.54, 1.807) is 18.2 Å². The topological polar surface area (TPSA) is 29.1 Å². The second-order valence-electron chi connectivity index (χ2n) is 4.28. The van der Waals surface area contributed by atoms with E-state index in [0.29, 0.717) is 11.3 Å². The fraction of sp³-hybridized carbons (Fsp3) is 0.133. The summed E-state index contributed by atoms with van der Waals surface area (Å²) < 4.78 is 14.3. The molecule has 0 radical (unpaired) electrons. The standard InChI is InChI=1S/C15H13BrFNO/c1-10-6-7-12(9-13(10)16)18-15(19)8-11-4-2-3-5-14(11)17/h2-7,9H,8H2,1H3,(H,18,19). The molecule has 4 heteroatoms. The van der Waals surface area contributed by atoms with Crippen LogP contribution >= 0.6 is 15.9 Å². The molecule has 0 spiro atoms. The lowest BCUT2D eigenvalue weighted by Crippen LogP contribution is -2.15. The van der Waals surface area contributed by atoms with E-state index >= 15 is 0 Å². The summed E-state index contributed by atoms with van der Waals surface area (Å²) >= 11 is 3.40. The third-order valence-corrected chi connectivity index (χ3v) is 3.62. The van der Waals surface area contributed by atoms with Crippen molar-refractivity contribution in [1.82, 2.24) is 0 Å². The molecule has 1 amide bonds. The Balaban J connectivity index is 2.05. The van der Waals surface area contributed by atoms with E-state index in [4.69, 9.17) is 0 Å². The fourth-order valence-corrected chi connectivity index (χ4v) is 2.07. The van der Waals surface area contributed by atoms with Crippen molar-refractivity contribution >= 4 is 27.5 Å². The van der Waals surface area contributed by atoms with Crippen LogP contribution in [0.4, 0.5) is 10.1 Å². The molecule has 1 N–H and O–H groups in total. The van der Waals surface area contributed by atoms with Gasteiger partial charge in [-0.1, -0.05) is 40.2 Å². The Morgan fingerprint density at radius 3 is 2.68 bits per heavy atom. The summed E-state index contributed by atoms with van der Waals surface area (Å²) in [7, 11) is 0. The molecule has 0 bridgehead atoms. The number of rotatable bonds is 3. The van der Waals surface area contributed by atoms with Crippen molar-refractivity contribution in [3.8, 4) is 0 Å². The van der Waals surface area contributed by atoms with Crippen LogP contribution in [0.1, 0.15) is 11.1 Å². The molecule has 98 valence electrons. The van der Waals surface area contributed by atoms with Crippen molar-refractivity contribution in [3.63, 3.8) is 0 Å². The lowest BCUT2D eigenvalue weighted by molar-refractivity contribution is -0.115. The minimum absolute atomic E-state index is 0.0260. The molecule has 0 fully saturated rings. The van der Waals surface area contributed by atoms with Crippen LogP contribution in [0, 0.1) is 12.7 Å². The average molecular weight is 322 g/mol. The highest BCUT2D eigenvalue weighted by Crippen LogP contribution is 2.20. The van der Waals surface area contributed by atoms with Crippen molar-refractivity contribution < 1.29 is 9.18 Å². The summed E-state index contributed by atoms with van der Waals surface area (Å²) in [6.07, 6.45) is 0.0260. The number of hydrogen-bond donors (Lipinski definition) is 1. The molecule has 2 aromatic carbocycles. The number of aryl methyl sites for hydroxylation is 1. The van der Waals surface area contributed by atoms with Crippen LogP contribution in [-0.4, -0.2) is 5.91 Å². The Bertz CT molecular complexity index is 613. The van der Waals surface area contributed by atoms with E-state index in [2.05, 4.69) is 21.2 Å². The summed E-state index contributed by atoms with van der Waals surface area (Å²) in [5, 5.41) is 2.75. The molecule has 0 saturated heterocycles. The van der Waals surface area contributed by atoms with Gasteiger partial charge in [-0.05, 0) is 36.2 Å². The van der Waals surface area contributed by atoms with Crippen molar-refractivity contribution in [2.75, 3.05) is 5.32 Å². The zero-order valence-corrected chi connectivity index (χ0v) is 12.0. The number of carbonyl (C=O) groups excluding carboxylic acids is 1. The van der Waals surface area contributed by atoms with Crippen LogP contribution in [-0.2, 0) is 11.2 Å². The van der Waals surface area contributed by atoms with Gasteiger partial charge in [0.2, 0.25) is 5.91 Å². The van der Waals surface area contributed by atoms with Crippen LogP contribution in [0.25, 0.3) is 0 Å². The summed E-state index contributed by atoms with van der Waals surface area (Å²) in [4.78, 5) is 11.8. The van der Waals surface area contributed by atoms with E-state index in [1.165, 1.54) is 6.07 Å². The molecule has 0 unspecified atom stereocenters. The Kier molecular flexibility index (Phi) is 4.32. The monoisotopic (exact) mass is 321 g/mol.